The third-order valence-electron chi connectivity index (χ3n) is 3.23. The Hall–Kier alpha value is -1.89. The van der Waals surface area contributed by atoms with Crippen molar-refractivity contribution in [2.75, 3.05) is 7.11 Å². The standard InChI is InChI=1S/C13H12F4O2.C2H4O/c1-19-11-8(4-2-6-10(11)14)9-5-3-7-12(9,18)13(15,16)17;1-2-3/h2,4-6,18H,3,7H2,1H3;2H,1H3. The Kier molecular flexibility index (Phi) is 5.71. The van der Waals surface area contributed by atoms with Gasteiger partial charge in [0.15, 0.2) is 17.2 Å². The molecule has 7 heteroatoms. The summed E-state index contributed by atoms with van der Waals surface area (Å²) >= 11 is 0. The molecule has 1 aliphatic carbocycles. The molecule has 22 heavy (non-hydrogen) atoms. The van der Waals surface area contributed by atoms with E-state index in [4.69, 9.17) is 9.53 Å². The minimum atomic E-state index is -4.81. The van der Waals surface area contributed by atoms with Gasteiger partial charge in [-0.25, -0.2) is 4.39 Å². The van der Waals surface area contributed by atoms with E-state index in [0.29, 0.717) is 0 Å². The van der Waals surface area contributed by atoms with E-state index in [1.165, 1.54) is 32.2 Å². The molecule has 0 fully saturated rings. The molecule has 1 aromatic carbocycles. The number of aliphatic hydroxyl groups is 1. The van der Waals surface area contributed by atoms with Crippen molar-refractivity contribution in [3.8, 4) is 5.75 Å². The Balaban J connectivity index is 0.000000745. The molecule has 0 spiro atoms. The molecule has 0 heterocycles. The number of aldehydes is 1. The molecule has 3 nitrogen and oxygen atoms in total. The summed E-state index contributed by atoms with van der Waals surface area (Å²) in [6.07, 6.45) is -3.19. The van der Waals surface area contributed by atoms with Gasteiger partial charge in [-0.2, -0.15) is 13.2 Å². The Morgan fingerprint density at radius 1 is 1.36 bits per heavy atom. The lowest BCUT2D eigenvalue weighted by Crippen LogP contribution is -2.44. The Morgan fingerprint density at radius 3 is 2.45 bits per heavy atom. The zero-order valence-electron chi connectivity index (χ0n) is 12.1. The van der Waals surface area contributed by atoms with E-state index >= 15 is 0 Å². The number of carbonyl (C=O) groups is 1. The summed E-state index contributed by atoms with van der Waals surface area (Å²) < 4.78 is 57.3. The number of alkyl halides is 3. The van der Waals surface area contributed by atoms with Crippen LogP contribution < -0.4 is 4.74 Å². The first-order valence-corrected chi connectivity index (χ1v) is 6.45. The van der Waals surface area contributed by atoms with Crippen LogP contribution in [0.1, 0.15) is 25.3 Å². The third-order valence-corrected chi connectivity index (χ3v) is 3.23. The van der Waals surface area contributed by atoms with Gasteiger partial charge >= 0.3 is 6.18 Å². The van der Waals surface area contributed by atoms with Gasteiger partial charge in [0.2, 0.25) is 0 Å². The molecular weight excluding hydrogens is 304 g/mol. The van der Waals surface area contributed by atoms with Crippen molar-refractivity contribution in [2.45, 2.75) is 31.5 Å². The second-order valence-corrected chi connectivity index (χ2v) is 4.57. The predicted octanol–water partition coefficient (Wildman–Crippen LogP) is 3.51. The van der Waals surface area contributed by atoms with Gasteiger partial charge in [0, 0.05) is 5.56 Å². The number of rotatable bonds is 2. The van der Waals surface area contributed by atoms with Crippen LogP contribution in [0.2, 0.25) is 0 Å². The van der Waals surface area contributed by atoms with Crippen LogP contribution in [-0.2, 0) is 4.79 Å². The molecule has 1 aromatic rings. The molecule has 0 radical (unpaired) electrons. The lowest BCUT2D eigenvalue weighted by molar-refractivity contribution is -0.234. The van der Waals surface area contributed by atoms with Crippen molar-refractivity contribution in [1.82, 2.24) is 0 Å². The normalized spacial score (nSPS) is 20.8. The van der Waals surface area contributed by atoms with E-state index < -0.39 is 24.0 Å². The minimum Gasteiger partial charge on any atom is -0.493 e. The van der Waals surface area contributed by atoms with Crippen LogP contribution in [0.25, 0.3) is 5.57 Å². The number of allylic oxidation sites excluding steroid dienone is 1. The molecule has 0 aromatic heterocycles. The molecule has 0 saturated heterocycles. The fourth-order valence-electron chi connectivity index (χ4n) is 2.28. The maximum absolute atomic E-state index is 13.5. The van der Waals surface area contributed by atoms with E-state index in [0.717, 1.165) is 12.4 Å². The minimum absolute atomic E-state index is 0.0696. The summed E-state index contributed by atoms with van der Waals surface area (Å²) in [5, 5.41) is 9.88. The molecule has 0 aliphatic heterocycles. The number of ether oxygens (including phenoxy) is 1. The summed E-state index contributed by atoms with van der Waals surface area (Å²) in [6.45, 7) is 1.44. The lowest BCUT2D eigenvalue weighted by Gasteiger charge is -2.29. The van der Waals surface area contributed by atoms with Gasteiger partial charge < -0.3 is 14.6 Å². The van der Waals surface area contributed by atoms with Gasteiger partial charge in [-0.3, -0.25) is 0 Å². The van der Waals surface area contributed by atoms with E-state index in [2.05, 4.69) is 0 Å². The van der Waals surface area contributed by atoms with Crippen molar-refractivity contribution >= 4 is 11.9 Å². The molecule has 122 valence electrons. The van der Waals surface area contributed by atoms with Gasteiger partial charge in [-0.1, -0.05) is 18.2 Å². The summed E-state index contributed by atoms with van der Waals surface area (Å²) in [4.78, 5) is 8.81. The first kappa shape index (κ1) is 18.2. The summed E-state index contributed by atoms with van der Waals surface area (Å²) in [5.41, 5.74) is -3.37. The zero-order valence-corrected chi connectivity index (χ0v) is 12.1. The number of methoxy groups -OCH3 is 1. The second kappa shape index (κ2) is 6.91. The van der Waals surface area contributed by atoms with Crippen LogP contribution in [-0.4, -0.2) is 30.3 Å². The maximum atomic E-state index is 13.5. The summed E-state index contributed by atoms with van der Waals surface area (Å²) in [7, 11) is 1.17. The molecule has 1 N–H and O–H groups in total. The van der Waals surface area contributed by atoms with Crippen molar-refractivity contribution in [2.24, 2.45) is 0 Å². The Bertz CT molecular complexity index is 566. The number of carbonyl (C=O) groups excluding carboxylic acids is 1. The highest BCUT2D eigenvalue weighted by molar-refractivity contribution is 5.78. The van der Waals surface area contributed by atoms with Crippen molar-refractivity contribution in [1.29, 1.82) is 0 Å². The molecule has 1 aliphatic rings. The second-order valence-electron chi connectivity index (χ2n) is 4.57. The van der Waals surface area contributed by atoms with E-state index in [1.54, 1.807) is 0 Å². The number of halogens is 4. The van der Waals surface area contributed by atoms with Gasteiger partial charge in [0.05, 0.1) is 7.11 Å². The first-order valence-electron chi connectivity index (χ1n) is 6.45. The van der Waals surface area contributed by atoms with Gasteiger partial charge in [-0.05, 0) is 31.4 Å². The lowest BCUT2D eigenvalue weighted by atomic mass is 9.89. The number of hydrogen-bond acceptors (Lipinski definition) is 3. The quantitative estimate of drug-likeness (QED) is 0.670. The molecular formula is C15H16F4O3. The van der Waals surface area contributed by atoms with E-state index in [9.17, 15) is 22.7 Å². The molecule has 0 saturated carbocycles. The van der Waals surface area contributed by atoms with Gasteiger partial charge in [0.25, 0.3) is 0 Å². The van der Waals surface area contributed by atoms with Crippen LogP contribution in [0.4, 0.5) is 17.6 Å². The average molecular weight is 320 g/mol. The highest BCUT2D eigenvalue weighted by atomic mass is 19.4. The van der Waals surface area contributed by atoms with Crippen LogP contribution in [0, 0.1) is 5.82 Å². The van der Waals surface area contributed by atoms with Crippen molar-refractivity contribution < 1.29 is 32.2 Å². The summed E-state index contributed by atoms with van der Waals surface area (Å²) in [6, 6.07) is 3.67. The molecule has 1 atom stereocenters. The monoisotopic (exact) mass is 320 g/mol. The number of benzene rings is 1. The zero-order chi connectivity index (χ0) is 17.0. The van der Waals surface area contributed by atoms with Crippen LogP contribution in [0.15, 0.2) is 24.3 Å². The molecule has 0 bridgehead atoms. The largest absolute Gasteiger partial charge is 0.493 e. The third kappa shape index (κ3) is 3.30. The van der Waals surface area contributed by atoms with E-state index in [1.807, 2.05) is 0 Å². The molecule has 0 amide bonds. The Labute approximate surface area is 125 Å². The van der Waals surface area contributed by atoms with Crippen LogP contribution in [0.3, 0.4) is 0 Å². The van der Waals surface area contributed by atoms with Gasteiger partial charge in [0.1, 0.15) is 6.29 Å². The molecule has 2 rings (SSSR count). The summed E-state index contributed by atoms with van der Waals surface area (Å²) in [5.74, 6) is -1.06. The SMILES string of the molecule is CC=O.COc1c(F)cccc1C1=CCCC1(O)C(F)(F)F. The topological polar surface area (TPSA) is 46.5 Å². The molecule has 1 unspecified atom stereocenters. The Morgan fingerprint density at radius 2 is 1.95 bits per heavy atom. The highest BCUT2D eigenvalue weighted by Crippen LogP contribution is 2.49. The smallest absolute Gasteiger partial charge is 0.421 e. The maximum Gasteiger partial charge on any atom is 0.421 e. The van der Waals surface area contributed by atoms with Gasteiger partial charge in [-0.15, -0.1) is 0 Å². The number of para-hydroxylation sites is 1. The fourth-order valence-corrected chi connectivity index (χ4v) is 2.28. The van der Waals surface area contributed by atoms with Crippen LogP contribution >= 0.6 is 0 Å². The highest BCUT2D eigenvalue weighted by Gasteiger charge is 2.58. The predicted molar refractivity (Wildman–Crippen MR) is 72.9 cm³/mol. The van der Waals surface area contributed by atoms with Crippen molar-refractivity contribution in [3.63, 3.8) is 0 Å². The fraction of sp³-hybridized carbons (Fsp3) is 0.400. The first-order chi connectivity index (χ1) is 10.2. The van der Waals surface area contributed by atoms with E-state index in [-0.39, 0.29) is 23.3 Å². The average Bonchev–Trinajstić information content (AvgIpc) is 2.82. The van der Waals surface area contributed by atoms with Crippen molar-refractivity contribution in [3.05, 3.63) is 35.7 Å². The van der Waals surface area contributed by atoms with Crippen LogP contribution in [0.5, 0.6) is 5.75 Å². The number of hydrogen-bond donors (Lipinski definition) is 1.